The number of nitrogens with one attached hydrogen (secondary N) is 1. The summed E-state index contributed by atoms with van der Waals surface area (Å²) in [5, 5.41) is 0. The maximum absolute atomic E-state index is 12.3. The Morgan fingerprint density at radius 2 is 1.76 bits per heavy atom. The summed E-state index contributed by atoms with van der Waals surface area (Å²) in [4.78, 5) is 52.8. The molecule has 0 unspecified atom stereocenters. The number of amides is 2. The first-order chi connectivity index (χ1) is 11.9. The molecular weight excluding hydrogens is 324 g/mol. The van der Waals surface area contributed by atoms with Crippen molar-refractivity contribution in [3.05, 3.63) is 23.0 Å². The van der Waals surface area contributed by atoms with E-state index in [1.54, 1.807) is 13.0 Å². The zero-order valence-corrected chi connectivity index (χ0v) is 14.5. The van der Waals surface area contributed by atoms with E-state index in [9.17, 15) is 19.2 Å². The minimum Gasteiger partial charge on any atom is -0.456 e. The average Bonchev–Trinajstić information content (AvgIpc) is 3.05. The first-order valence-corrected chi connectivity index (χ1v) is 8.58. The number of ketones is 1. The number of imide groups is 1. The van der Waals surface area contributed by atoms with Crippen molar-refractivity contribution in [2.45, 2.75) is 39.5 Å². The third kappa shape index (κ3) is 3.36. The lowest BCUT2D eigenvalue weighted by molar-refractivity contribution is -0.152. The van der Waals surface area contributed by atoms with Crippen LogP contribution in [0, 0.1) is 25.7 Å². The van der Waals surface area contributed by atoms with Crippen LogP contribution in [0.1, 0.15) is 47.4 Å². The zero-order valence-electron chi connectivity index (χ0n) is 14.5. The molecule has 2 atom stereocenters. The van der Waals surface area contributed by atoms with E-state index in [1.165, 1.54) is 0 Å². The smallest absolute Gasteiger partial charge is 0.326 e. The summed E-state index contributed by atoms with van der Waals surface area (Å²) in [6.45, 7) is 2.79. The standard InChI is InChI=1S/C18H22N2O5/c1-10-7-14(11(2)19-10)15(21)9-25-16(22)8-20-17(23)12-5-3-4-6-13(12)18(20)24/h7,12-13,19H,3-6,8-9H2,1-2H3/t12-,13-/m1/s1. The lowest BCUT2D eigenvalue weighted by Gasteiger charge is -2.19. The molecular formula is C18H22N2O5. The van der Waals surface area contributed by atoms with Crippen LogP contribution in [0.15, 0.2) is 6.07 Å². The van der Waals surface area contributed by atoms with Gasteiger partial charge >= 0.3 is 5.97 Å². The molecule has 1 aliphatic carbocycles. The molecule has 1 N–H and O–H groups in total. The Labute approximate surface area is 145 Å². The molecule has 2 heterocycles. The number of carbonyl (C=O) groups excluding carboxylic acids is 4. The monoisotopic (exact) mass is 346 g/mol. The molecule has 1 aromatic heterocycles. The van der Waals surface area contributed by atoms with Gasteiger partial charge in [0.25, 0.3) is 0 Å². The zero-order chi connectivity index (χ0) is 18.1. The highest BCUT2D eigenvalue weighted by Crippen LogP contribution is 2.37. The van der Waals surface area contributed by atoms with Gasteiger partial charge in [-0.25, -0.2) is 0 Å². The number of likely N-dealkylation sites (tertiary alicyclic amines) is 1. The SMILES string of the molecule is Cc1cc(C(=O)COC(=O)CN2C(=O)[C@@H]3CCCC[C@H]3C2=O)c(C)[nH]1. The van der Waals surface area contributed by atoms with Crippen LogP contribution in [0.4, 0.5) is 0 Å². The van der Waals surface area contributed by atoms with E-state index in [-0.39, 0.29) is 29.4 Å². The quantitative estimate of drug-likeness (QED) is 0.495. The Kier molecular flexibility index (Phi) is 4.74. The molecule has 7 heteroatoms. The Balaban J connectivity index is 1.56. The predicted octanol–water partition coefficient (Wildman–Crippen LogP) is 1.53. The number of hydrogen-bond donors (Lipinski definition) is 1. The van der Waals surface area contributed by atoms with Crippen LogP contribution in [-0.4, -0.2) is 46.6 Å². The molecule has 25 heavy (non-hydrogen) atoms. The Hall–Kier alpha value is -2.44. The van der Waals surface area contributed by atoms with Crippen molar-refractivity contribution in [3.63, 3.8) is 0 Å². The van der Waals surface area contributed by atoms with Gasteiger partial charge in [0.2, 0.25) is 17.6 Å². The second kappa shape index (κ2) is 6.82. The number of nitrogens with zero attached hydrogens (tertiary/aromatic N) is 1. The molecule has 3 rings (SSSR count). The Morgan fingerprint density at radius 3 is 2.28 bits per heavy atom. The summed E-state index contributed by atoms with van der Waals surface area (Å²) in [6.07, 6.45) is 3.27. The summed E-state index contributed by atoms with van der Waals surface area (Å²) >= 11 is 0. The van der Waals surface area contributed by atoms with Gasteiger partial charge in [0, 0.05) is 17.0 Å². The van der Waals surface area contributed by atoms with E-state index >= 15 is 0 Å². The number of carbonyl (C=O) groups is 4. The molecule has 2 aliphatic rings. The molecule has 1 saturated carbocycles. The number of aromatic amines is 1. The fraction of sp³-hybridized carbons (Fsp3) is 0.556. The highest BCUT2D eigenvalue weighted by atomic mass is 16.5. The normalized spacial score (nSPS) is 22.9. The first-order valence-electron chi connectivity index (χ1n) is 8.58. The molecule has 0 spiro atoms. The lowest BCUT2D eigenvalue weighted by atomic mass is 9.81. The average molecular weight is 346 g/mol. The van der Waals surface area contributed by atoms with Gasteiger partial charge in [-0.2, -0.15) is 0 Å². The van der Waals surface area contributed by atoms with Crippen LogP contribution >= 0.6 is 0 Å². The van der Waals surface area contributed by atoms with Gasteiger partial charge in [-0.3, -0.25) is 24.1 Å². The van der Waals surface area contributed by atoms with Crippen LogP contribution in [-0.2, 0) is 19.1 Å². The van der Waals surface area contributed by atoms with Gasteiger partial charge in [0.1, 0.15) is 6.54 Å². The number of hydrogen-bond acceptors (Lipinski definition) is 5. The van der Waals surface area contributed by atoms with Gasteiger partial charge in [0.05, 0.1) is 11.8 Å². The molecule has 2 amide bonds. The summed E-state index contributed by atoms with van der Waals surface area (Å²) < 4.78 is 4.99. The first kappa shape index (κ1) is 17.4. The molecule has 0 aromatic carbocycles. The van der Waals surface area contributed by atoms with Crippen LogP contribution in [0.3, 0.4) is 0 Å². The molecule has 0 radical (unpaired) electrons. The summed E-state index contributed by atoms with van der Waals surface area (Å²) in [7, 11) is 0. The number of rotatable bonds is 5. The van der Waals surface area contributed by atoms with Crippen molar-refractivity contribution >= 4 is 23.6 Å². The van der Waals surface area contributed by atoms with Gasteiger partial charge < -0.3 is 9.72 Å². The van der Waals surface area contributed by atoms with Gasteiger partial charge in [-0.15, -0.1) is 0 Å². The van der Waals surface area contributed by atoms with Gasteiger partial charge in [-0.05, 0) is 32.8 Å². The number of esters is 1. The van der Waals surface area contributed by atoms with Crippen LogP contribution in [0.5, 0.6) is 0 Å². The minimum atomic E-state index is -0.737. The van der Waals surface area contributed by atoms with E-state index in [1.807, 2.05) is 6.92 Å². The highest BCUT2D eigenvalue weighted by Gasteiger charge is 2.48. The summed E-state index contributed by atoms with van der Waals surface area (Å²) in [5.41, 5.74) is 2.04. The van der Waals surface area contributed by atoms with Crippen molar-refractivity contribution in [3.8, 4) is 0 Å². The van der Waals surface area contributed by atoms with Crippen molar-refractivity contribution < 1.29 is 23.9 Å². The Bertz CT molecular complexity index is 712. The van der Waals surface area contributed by atoms with E-state index in [2.05, 4.69) is 4.98 Å². The van der Waals surface area contributed by atoms with Crippen LogP contribution in [0.25, 0.3) is 0 Å². The Morgan fingerprint density at radius 1 is 1.16 bits per heavy atom. The fourth-order valence-electron chi connectivity index (χ4n) is 3.80. The second-order valence-corrected chi connectivity index (χ2v) is 6.83. The number of ether oxygens (including phenoxy) is 1. The maximum Gasteiger partial charge on any atom is 0.326 e. The van der Waals surface area contributed by atoms with E-state index < -0.39 is 19.1 Å². The number of H-pyrrole nitrogens is 1. The third-order valence-corrected chi connectivity index (χ3v) is 5.03. The largest absolute Gasteiger partial charge is 0.456 e. The second-order valence-electron chi connectivity index (χ2n) is 6.83. The van der Waals surface area contributed by atoms with Crippen molar-refractivity contribution in [2.24, 2.45) is 11.8 Å². The molecule has 1 saturated heterocycles. The van der Waals surface area contributed by atoms with Crippen LogP contribution in [0.2, 0.25) is 0 Å². The molecule has 134 valence electrons. The maximum atomic E-state index is 12.3. The molecule has 7 nitrogen and oxygen atoms in total. The summed E-state index contributed by atoms with van der Waals surface area (Å²) in [5.74, 6) is -2.20. The number of aryl methyl sites for hydroxylation is 2. The van der Waals surface area contributed by atoms with E-state index in [0.29, 0.717) is 24.1 Å². The summed E-state index contributed by atoms with van der Waals surface area (Å²) in [6, 6.07) is 1.70. The minimum absolute atomic E-state index is 0.282. The fourth-order valence-corrected chi connectivity index (χ4v) is 3.80. The number of fused-ring (bicyclic) bond motifs is 1. The van der Waals surface area contributed by atoms with E-state index in [4.69, 9.17) is 4.74 Å². The van der Waals surface area contributed by atoms with E-state index in [0.717, 1.165) is 23.4 Å². The van der Waals surface area contributed by atoms with Crippen molar-refractivity contribution in [2.75, 3.05) is 13.2 Å². The third-order valence-electron chi connectivity index (χ3n) is 5.03. The number of aromatic nitrogens is 1. The van der Waals surface area contributed by atoms with Crippen LogP contribution < -0.4 is 0 Å². The topological polar surface area (TPSA) is 96.5 Å². The molecule has 1 aromatic rings. The highest BCUT2D eigenvalue weighted by molar-refractivity contribution is 6.07. The molecule has 1 aliphatic heterocycles. The molecule has 2 fully saturated rings. The molecule has 0 bridgehead atoms. The van der Waals surface area contributed by atoms with Crippen molar-refractivity contribution in [1.29, 1.82) is 0 Å². The predicted molar refractivity (Wildman–Crippen MR) is 87.7 cm³/mol. The van der Waals surface area contributed by atoms with Gasteiger partial charge in [0.15, 0.2) is 6.61 Å². The lowest BCUT2D eigenvalue weighted by Crippen LogP contribution is -2.37. The van der Waals surface area contributed by atoms with Crippen molar-refractivity contribution in [1.82, 2.24) is 9.88 Å². The van der Waals surface area contributed by atoms with Gasteiger partial charge in [-0.1, -0.05) is 12.8 Å². The number of Topliss-reactive ketones (excluding diaryl/α,β-unsaturated/α-hetero) is 1.